The number of rotatable bonds is 6. The number of aromatic nitrogens is 1. The van der Waals surface area contributed by atoms with Gasteiger partial charge in [0.2, 0.25) is 5.91 Å². The van der Waals surface area contributed by atoms with Crippen molar-refractivity contribution in [2.75, 3.05) is 13.2 Å². The molecule has 3 aromatic rings. The zero-order valence-electron chi connectivity index (χ0n) is 15.1. The number of ketones is 1. The van der Waals surface area contributed by atoms with E-state index < -0.39 is 0 Å². The van der Waals surface area contributed by atoms with Gasteiger partial charge in [-0.15, -0.1) is 0 Å². The van der Waals surface area contributed by atoms with Gasteiger partial charge in [0.25, 0.3) is 0 Å². The molecule has 27 heavy (non-hydrogen) atoms. The number of ether oxygens (including phenoxy) is 1. The topological polar surface area (TPSA) is 60.3 Å². The molecule has 1 aliphatic heterocycles. The molecule has 5 nitrogen and oxygen atoms in total. The second-order valence-electron chi connectivity index (χ2n) is 6.82. The lowest BCUT2D eigenvalue weighted by atomic mass is 10.0. The van der Waals surface area contributed by atoms with Gasteiger partial charge >= 0.3 is 0 Å². The molecule has 1 amide bonds. The third kappa shape index (κ3) is 3.78. The summed E-state index contributed by atoms with van der Waals surface area (Å²) >= 11 is 0. The van der Waals surface area contributed by atoms with E-state index in [0.717, 1.165) is 30.4 Å². The number of fused-ring (bicyclic) bond motifs is 1. The van der Waals surface area contributed by atoms with Crippen molar-refractivity contribution in [3.8, 4) is 0 Å². The molecule has 4 rings (SSSR count). The Labute approximate surface area is 157 Å². The molecular formula is C22H22N2O3. The van der Waals surface area contributed by atoms with E-state index in [1.165, 1.54) is 0 Å². The van der Waals surface area contributed by atoms with Crippen LogP contribution in [0, 0.1) is 0 Å². The zero-order valence-corrected chi connectivity index (χ0v) is 15.1. The SMILES string of the molecule is O=C(Cn1cc(C(=O)c2ccccc2)c2ccccc21)NCC1CCCO1. The Morgan fingerprint density at radius 3 is 2.63 bits per heavy atom. The Bertz CT molecular complexity index is 956. The van der Waals surface area contributed by atoms with Crippen LogP contribution in [0.4, 0.5) is 0 Å². The molecule has 1 aliphatic rings. The van der Waals surface area contributed by atoms with Gasteiger partial charge in [-0.2, -0.15) is 0 Å². The molecule has 1 unspecified atom stereocenters. The maximum absolute atomic E-state index is 12.9. The molecule has 5 heteroatoms. The summed E-state index contributed by atoms with van der Waals surface area (Å²) in [6, 6.07) is 16.9. The lowest BCUT2D eigenvalue weighted by Gasteiger charge is -2.11. The minimum absolute atomic E-state index is 0.0367. The fourth-order valence-corrected chi connectivity index (χ4v) is 3.55. The van der Waals surface area contributed by atoms with E-state index in [1.807, 2.05) is 59.2 Å². The normalized spacial score (nSPS) is 16.5. The van der Waals surface area contributed by atoms with Crippen LogP contribution in [-0.2, 0) is 16.1 Å². The summed E-state index contributed by atoms with van der Waals surface area (Å²) in [5.74, 6) is -0.115. The number of hydrogen-bond donors (Lipinski definition) is 1. The Kier molecular flexibility index (Phi) is 5.03. The first-order valence-electron chi connectivity index (χ1n) is 9.28. The predicted octanol–water partition coefficient (Wildman–Crippen LogP) is 3.17. The third-order valence-electron chi connectivity index (χ3n) is 4.93. The summed E-state index contributed by atoms with van der Waals surface area (Å²) in [5, 5.41) is 3.80. The average Bonchev–Trinajstić information content (AvgIpc) is 3.35. The molecule has 138 valence electrons. The molecule has 1 N–H and O–H groups in total. The van der Waals surface area contributed by atoms with Gasteiger partial charge in [0.1, 0.15) is 6.54 Å². The van der Waals surface area contributed by atoms with Crippen molar-refractivity contribution in [2.24, 2.45) is 0 Å². The van der Waals surface area contributed by atoms with E-state index in [1.54, 1.807) is 6.20 Å². The summed E-state index contributed by atoms with van der Waals surface area (Å²) in [4.78, 5) is 25.3. The number of para-hydroxylation sites is 1. The number of amides is 1. The van der Waals surface area contributed by atoms with Gasteiger partial charge in [-0.05, 0) is 18.9 Å². The Morgan fingerprint density at radius 1 is 1.07 bits per heavy atom. The average molecular weight is 362 g/mol. The predicted molar refractivity (Wildman–Crippen MR) is 104 cm³/mol. The van der Waals surface area contributed by atoms with Gasteiger partial charge in [0, 0.05) is 41.4 Å². The van der Waals surface area contributed by atoms with Crippen LogP contribution in [0.1, 0.15) is 28.8 Å². The first-order chi connectivity index (χ1) is 13.2. The van der Waals surface area contributed by atoms with Gasteiger partial charge in [0.15, 0.2) is 5.78 Å². The summed E-state index contributed by atoms with van der Waals surface area (Å²) in [5.41, 5.74) is 2.14. The molecule has 0 aliphatic carbocycles. The van der Waals surface area contributed by atoms with Crippen molar-refractivity contribution in [3.63, 3.8) is 0 Å². The Morgan fingerprint density at radius 2 is 1.85 bits per heavy atom. The lowest BCUT2D eigenvalue weighted by Crippen LogP contribution is -2.34. The number of benzene rings is 2. The van der Waals surface area contributed by atoms with E-state index >= 15 is 0 Å². The number of nitrogens with one attached hydrogen (secondary N) is 1. The van der Waals surface area contributed by atoms with Gasteiger partial charge in [-0.25, -0.2) is 0 Å². The van der Waals surface area contributed by atoms with Crippen LogP contribution >= 0.6 is 0 Å². The van der Waals surface area contributed by atoms with Crippen molar-refractivity contribution < 1.29 is 14.3 Å². The zero-order chi connectivity index (χ0) is 18.6. The lowest BCUT2D eigenvalue weighted by molar-refractivity contribution is -0.122. The van der Waals surface area contributed by atoms with Crippen molar-refractivity contribution in [3.05, 3.63) is 71.9 Å². The molecule has 0 saturated carbocycles. The summed E-state index contributed by atoms with van der Waals surface area (Å²) in [7, 11) is 0. The second kappa shape index (κ2) is 7.76. The van der Waals surface area contributed by atoms with E-state index in [9.17, 15) is 9.59 Å². The Hall–Kier alpha value is -2.92. The molecule has 1 saturated heterocycles. The monoisotopic (exact) mass is 362 g/mol. The van der Waals surface area contributed by atoms with Crippen LogP contribution < -0.4 is 5.32 Å². The van der Waals surface area contributed by atoms with Crippen LogP contribution in [0.2, 0.25) is 0 Å². The molecule has 1 atom stereocenters. The fourth-order valence-electron chi connectivity index (χ4n) is 3.55. The second-order valence-corrected chi connectivity index (χ2v) is 6.82. The van der Waals surface area contributed by atoms with Gasteiger partial charge in [-0.3, -0.25) is 9.59 Å². The highest BCUT2D eigenvalue weighted by atomic mass is 16.5. The molecule has 2 aromatic carbocycles. The molecule has 2 heterocycles. The minimum atomic E-state index is -0.0787. The molecule has 0 bridgehead atoms. The quantitative estimate of drug-likeness (QED) is 0.685. The fraction of sp³-hybridized carbons (Fsp3) is 0.273. The molecule has 0 spiro atoms. The number of hydrogen-bond acceptors (Lipinski definition) is 3. The van der Waals surface area contributed by atoms with E-state index in [2.05, 4.69) is 5.32 Å². The number of carbonyl (C=O) groups excluding carboxylic acids is 2. The highest BCUT2D eigenvalue weighted by molar-refractivity contribution is 6.16. The minimum Gasteiger partial charge on any atom is -0.376 e. The van der Waals surface area contributed by atoms with Crippen LogP contribution in [-0.4, -0.2) is 35.5 Å². The van der Waals surface area contributed by atoms with Crippen LogP contribution in [0.15, 0.2) is 60.8 Å². The van der Waals surface area contributed by atoms with Crippen molar-refractivity contribution in [1.82, 2.24) is 9.88 Å². The number of carbonyl (C=O) groups is 2. The Balaban J connectivity index is 1.56. The summed E-state index contributed by atoms with van der Waals surface area (Å²) < 4.78 is 7.39. The van der Waals surface area contributed by atoms with E-state index in [0.29, 0.717) is 17.7 Å². The smallest absolute Gasteiger partial charge is 0.240 e. The molecular weight excluding hydrogens is 340 g/mol. The van der Waals surface area contributed by atoms with Crippen LogP contribution in [0.25, 0.3) is 10.9 Å². The first-order valence-corrected chi connectivity index (χ1v) is 9.28. The summed E-state index contributed by atoms with van der Waals surface area (Å²) in [6.07, 6.45) is 3.94. The summed E-state index contributed by atoms with van der Waals surface area (Å²) in [6.45, 7) is 1.48. The molecule has 1 aromatic heterocycles. The number of nitrogens with zero attached hydrogens (tertiary/aromatic N) is 1. The van der Waals surface area contributed by atoms with Crippen molar-refractivity contribution >= 4 is 22.6 Å². The first kappa shape index (κ1) is 17.5. The standard InChI is InChI=1S/C22H22N2O3/c25-21(23-13-17-9-6-12-27-17)15-24-14-19(18-10-4-5-11-20(18)24)22(26)16-7-2-1-3-8-16/h1-5,7-8,10-11,14,17H,6,9,12-13,15H2,(H,23,25). The maximum atomic E-state index is 12.9. The highest BCUT2D eigenvalue weighted by Crippen LogP contribution is 2.24. The highest BCUT2D eigenvalue weighted by Gasteiger charge is 2.19. The third-order valence-corrected chi connectivity index (χ3v) is 4.93. The van der Waals surface area contributed by atoms with Gasteiger partial charge < -0.3 is 14.6 Å². The van der Waals surface area contributed by atoms with Gasteiger partial charge in [0.05, 0.1) is 6.10 Å². The van der Waals surface area contributed by atoms with Crippen LogP contribution in [0.3, 0.4) is 0 Å². The maximum Gasteiger partial charge on any atom is 0.240 e. The molecule has 1 fully saturated rings. The van der Waals surface area contributed by atoms with E-state index in [4.69, 9.17) is 4.74 Å². The largest absolute Gasteiger partial charge is 0.376 e. The van der Waals surface area contributed by atoms with Crippen LogP contribution in [0.5, 0.6) is 0 Å². The van der Waals surface area contributed by atoms with Crippen molar-refractivity contribution in [1.29, 1.82) is 0 Å². The molecule has 0 radical (unpaired) electrons. The van der Waals surface area contributed by atoms with Crippen molar-refractivity contribution in [2.45, 2.75) is 25.5 Å². The van der Waals surface area contributed by atoms with Gasteiger partial charge in [-0.1, -0.05) is 48.5 Å². The van der Waals surface area contributed by atoms with E-state index in [-0.39, 0.29) is 24.3 Å².